The minimum atomic E-state index is -1.15. The smallest absolute Gasteiger partial charge is 0.429 e. The van der Waals surface area contributed by atoms with Gasteiger partial charge >= 0.3 is 12.2 Å². The number of nitrogens with zero attached hydrogens (tertiary/aromatic N) is 2. The Hall–Kier alpha value is -3.10. The SMILES string of the molecule is O=C(OCc1ccccc1)N1C2CC(C(O)C2O)N1C(=O)OCc1ccccc1. The molecule has 2 amide bonds. The molecule has 4 atom stereocenters. The van der Waals surface area contributed by atoms with Crippen molar-refractivity contribution in [1.82, 2.24) is 10.0 Å². The summed E-state index contributed by atoms with van der Waals surface area (Å²) in [4.78, 5) is 25.4. The molecule has 2 bridgehead atoms. The first-order chi connectivity index (χ1) is 14.1. The van der Waals surface area contributed by atoms with E-state index in [0.29, 0.717) is 0 Å². The second-order valence-electron chi connectivity index (χ2n) is 7.12. The highest BCUT2D eigenvalue weighted by molar-refractivity contribution is 5.76. The summed E-state index contributed by atoms with van der Waals surface area (Å²) in [5, 5.41) is 22.6. The summed E-state index contributed by atoms with van der Waals surface area (Å²) in [5.41, 5.74) is 1.59. The Labute approximate surface area is 167 Å². The van der Waals surface area contributed by atoms with E-state index >= 15 is 0 Å². The van der Waals surface area contributed by atoms with E-state index in [2.05, 4.69) is 0 Å². The molecule has 8 nitrogen and oxygen atoms in total. The van der Waals surface area contributed by atoms with Gasteiger partial charge in [-0.25, -0.2) is 19.6 Å². The van der Waals surface area contributed by atoms with Crippen LogP contribution in [0, 0.1) is 0 Å². The number of hydrogen-bond donors (Lipinski definition) is 2. The molecular formula is C21H22N2O6. The topological polar surface area (TPSA) is 99.5 Å². The monoisotopic (exact) mass is 398 g/mol. The van der Waals surface area contributed by atoms with Crippen LogP contribution < -0.4 is 0 Å². The molecule has 8 heteroatoms. The maximum atomic E-state index is 12.7. The minimum absolute atomic E-state index is 0.0269. The van der Waals surface area contributed by atoms with Gasteiger partial charge in [0.05, 0.1) is 12.1 Å². The van der Waals surface area contributed by atoms with Gasteiger partial charge in [-0.3, -0.25) is 0 Å². The average molecular weight is 398 g/mol. The van der Waals surface area contributed by atoms with Crippen molar-refractivity contribution in [2.45, 2.75) is 43.9 Å². The molecule has 2 aromatic rings. The summed E-state index contributed by atoms with van der Waals surface area (Å²) >= 11 is 0. The van der Waals surface area contributed by atoms with Gasteiger partial charge in [0.15, 0.2) is 0 Å². The first-order valence-corrected chi connectivity index (χ1v) is 9.42. The minimum Gasteiger partial charge on any atom is -0.443 e. The Morgan fingerprint density at radius 2 is 1.14 bits per heavy atom. The van der Waals surface area contributed by atoms with Crippen LogP contribution in [0.1, 0.15) is 17.5 Å². The van der Waals surface area contributed by atoms with Gasteiger partial charge in [-0.05, 0) is 17.5 Å². The van der Waals surface area contributed by atoms with Crippen molar-refractivity contribution in [1.29, 1.82) is 0 Å². The Morgan fingerprint density at radius 1 is 0.759 bits per heavy atom. The number of carbonyl (C=O) groups is 2. The maximum Gasteiger partial charge on any atom is 0.429 e. The third-order valence-electron chi connectivity index (χ3n) is 5.27. The lowest BCUT2D eigenvalue weighted by Gasteiger charge is -2.40. The van der Waals surface area contributed by atoms with Crippen LogP contribution in [-0.2, 0) is 22.7 Å². The highest BCUT2D eigenvalue weighted by Gasteiger charge is 2.60. The molecule has 4 rings (SSSR count). The summed E-state index contributed by atoms with van der Waals surface area (Å²) in [5.74, 6) is 0. The third-order valence-corrected chi connectivity index (χ3v) is 5.27. The van der Waals surface area contributed by atoms with Crippen molar-refractivity contribution in [3.63, 3.8) is 0 Å². The molecule has 2 aromatic carbocycles. The quantitative estimate of drug-likeness (QED) is 0.818. The zero-order valence-electron chi connectivity index (χ0n) is 15.6. The van der Waals surface area contributed by atoms with Crippen LogP contribution in [0.2, 0.25) is 0 Å². The number of hydrazine groups is 1. The van der Waals surface area contributed by atoms with Gasteiger partial charge in [0.2, 0.25) is 0 Å². The molecule has 0 aromatic heterocycles. The Balaban J connectivity index is 1.46. The van der Waals surface area contributed by atoms with Crippen LogP contribution in [0.3, 0.4) is 0 Å². The van der Waals surface area contributed by atoms with E-state index in [1.54, 1.807) is 0 Å². The number of amides is 2. The molecule has 0 spiro atoms. The summed E-state index contributed by atoms with van der Waals surface area (Å²) in [6.07, 6.45) is -3.60. The molecule has 1 aliphatic carbocycles. The van der Waals surface area contributed by atoms with Gasteiger partial charge in [-0.15, -0.1) is 0 Å². The Bertz CT molecular complexity index is 790. The summed E-state index contributed by atoms with van der Waals surface area (Å²) in [7, 11) is 0. The van der Waals surface area contributed by atoms with Gasteiger partial charge in [-0.2, -0.15) is 0 Å². The molecule has 152 valence electrons. The number of aliphatic hydroxyl groups is 2. The lowest BCUT2D eigenvalue weighted by Crippen LogP contribution is -2.62. The van der Waals surface area contributed by atoms with Crippen molar-refractivity contribution in [3.05, 3.63) is 71.8 Å². The molecule has 2 fully saturated rings. The van der Waals surface area contributed by atoms with Crippen LogP contribution in [-0.4, -0.2) is 56.7 Å². The van der Waals surface area contributed by atoms with Gasteiger partial charge in [0.1, 0.15) is 25.4 Å². The number of hydrogen-bond acceptors (Lipinski definition) is 6. The van der Waals surface area contributed by atoms with Crippen LogP contribution in [0.15, 0.2) is 60.7 Å². The molecule has 4 unspecified atom stereocenters. The molecule has 1 saturated heterocycles. The predicted octanol–water partition coefficient (Wildman–Crippen LogP) is 2.06. The fourth-order valence-electron chi connectivity index (χ4n) is 3.81. The first-order valence-electron chi connectivity index (χ1n) is 9.42. The fourth-order valence-corrected chi connectivity index (χ4v) is 3.81. The van der Waals surface area contributed by atoms with Crippen molar-refractivity contribution in [3.8, 4) is 0 Å². The highest BCUT2D eigenvalue weighted by Crippen LogP contribution is 2.39. The van der Waals surface area contributed by atoms with Gasteiger partial charge < -0.3 is 19.7 Å². The normalized spacial score (nSPS) is 25.2. The molecule has 29 heavy (non-hydrogen) atoms. The van der Waals surface area contributed by atoms with Gasteiger partial charge in [0, 0.05) is 0 Å². The van der Waals surface area contributed by atoms with Crippen molar-refractivity contribution in [2.75, 3.05) is 0 Å². The number of fused-ring (bicyclic) bond motifs is 2. The van der Waals surface area contributed by atoms with Crippen LogP contribution in [0.5, 0.6) is 0 Å². The van der Waals surface area contributed by atoms with E-state index in [1.807, 2.05) is 60.7 Å². The summed E-state index contributed by atoms with van der Waals surface area (Å²) in [6, 6.07) is 16.8. The van der Waals surface area contributed by atoms with E-state index in [-0.39, 0.29) is 19.6 Å². The van der Waals surface area contributed by atoms with Crippen molar-refractivity contribution >= 4 is 12.2 Å². The Kier molecular flexibility index (Phi) is 5.37. The predicted molar refractivity (Wildman–Crippen MR) is 101 cm³/mol. The number of benzene rings is 2. The lowest BCUT2D eigenvalue weighted by atomic mass is 10.1. The molecule has 0 radical (unpaired) electrons. The summed E-state index contributed by atoms with van der Waals surface area (Å²) in [6.45, 7) is 0.0538. The van der Waals surface area contributed by atoms with Gasteiger partial charge in [-0.1, -0.05) is 60.7 Å². The van der Waals surface area contributed by atoms with E-state index in [1.165, 1.54) is 0 Å². The standard InChI is InChI=1S/C21H22N2O6/c24-18-16-11-17(19(18)25)23(21(27)29-13-15-9-5-2-6-10-15)22(16)20(26)28-12-14-7-3-1-4-8-14/h1-10,16-19,24-25H,11-13H2. The highest BCUT2D eigenvalue weighted by atomic mass is 16.6. The zero-order chi connectivity index (χ0) is 20.4. The largest absolute Gasteiger partial charge is 0.443 e. The molecule has 1 saturated carbocycles. The molecule has 1 aliphatic heterocycles. The fraction of sp³-hybridized carbons (Fsp3) is 0.333. The van der Waals surface area contributed by atoms with E-state index in [4.69, 9.17) is 9.47 Å². The number of aliphatic hydroxyl groups excluding tert-OH is 2. The average Bonchev–Trinajstić information content (AvgIpc) is 3.28. The number of rotatable bonds is 4. The second kappa shape index (κ2) is 8.10. The van der Waals surface area contributed by atoms with Crippen LogP contribution in [0.4, 0.5) is 9.59 Å². The van der Waals surface area contributed by atoms with Crippen LogP contribution in [0.25, 0.3) is 0 Å². The maximum absolute atomic E-state index is 12.7. The van der Waals surface area contributed by atoms with Crippen molar-refractivity contribution < 1.29 is 29.3 Å². The lowest BCUT2D eigenvalue weighted by molar-refractivity contribution is -0.126. The Morgan fingerprint density at radius 3 is 1.52 bits per heavy atom. The van der Waals surface area contributed by atoms with E-state index in [9.17, 15) is 19.8 Å². The molecule has 2 aliphatic rings. The molecule has 1 heterocycles. The third kappa shape index (κ3) is 3.76. The van der Waals surface area contributed by atoms with Gasteiger partial charge in [0.25, 0.3) is 0 Å². The van der Waals surface area contributed by atoms with Crippen LogP contribution >= 0.6 is 0 Å². The number of carbonyl (C=O) groups excluding carboxylic acids is 2. The van der Waals surface area contributed by atoms with E-state index < -0.39 is 36.5 Å². The molecular weight excluding hydrogens is 376 g/mol. The molecule has 2 N–H and O–H groups in total. The number of ether oxygens (including phenoxy) is 2. The summed E-state index contributed by atoms with van der Waals surface area (Å²) < 4.78 is 10.7. The van der Waals surface area contributed by atoms with Crippen molar-refractivity contribution in [2.24, 2.45) is 0 Å². The first kappa shape index (κ1) is 19.2. The second-order valence-corrected chi connectivity index (χ2v) is 7.12. The van der Waals surface area contributed by atoms with E-state index in [0.717, 1.165) is 21.1 Å². The zero-order valence-corrected chi connectivity index (χ0v) is 15.6.